The lowest BCUT2D eigenvalue weighted by atomic mass is 10.3. The number of anilines is 1. The number of rotatable bonds is 5. The van der Waals surface area contributed by atoms with Gasteiger partial charge < -0.3 is 9.67 Å². The van der Waals surface area contributed by atoms with E-state index in [-0.39, 0.29) is 17.3 Å². The van der Waals surface area contributed by atoms with Crippen molar-refractivity contribution in [2.75, 3.05) is 5.43 Å². The second-order valence-electron chi connectivity index (χ2n) is 4.82. The minimum absolute atomic E-state index is 0.0708. The first-order chi connectivity index (χ1) is 11.6. The van der Waals surface area contributed by atoms with E-state index >= 15 is 0 Å². The Bertz CT molecular complexity index is 887. The molecule has 1 aromatic carbocycles. The summed E-state index contributed by atoms with van der Waals surface area (Å²) in [6.07, 6.45) is 4.83. The second kappa shape index (κ2) is 6.61. The Hall–Kier alpha value is -3.68. The van der Waals surface area contributed by atoms with Crippen LogP contribution in [0, 0.1) is 10.1 Å². The number of hydrazone groups is 1. The van der Waals surface area contributed by atoms with Gasteiger partial charge in [-0.25, -0.2) is 4.98 Å². The lowest BCUT2D eigenvalue weighted by Crippen LogP contribution is -2.01. The smallest absolute Gasteiger partial charge is 0.313 e. The summed E-state index contributed by atoms with van der Waals surface area (Å²) in [5.74, 6) is 0.256. The number of nitro groups is 1. The average molecular weight is 323 g/mol. The molecule has 0 saturated heterocycles. The molecule has 8 heteroatoms. The molecule has 0 aliphatic rings. The average Bonchev–Trinajstić information content (AvgIpc) is 3.04. The van der Waals surface area contributed by atoms with E-state index in [0.717, 1.165) is 11.4 Å². The lowest BCUT2D eigenvalue weighted by Gasteiger charge is -2.06. The van der Waals surface area contributed by atoms with Gasteiger partial charge in [0.05, 0.1) is 16.8 Å². The number of aromatic hydroxyl groups is 1. The SMILES string of the molecule is O=[N+]([O-])c1cccnc1N/N=C\c1cccn1-c1ccc(O)cc1. The lowest BCUT2D eigenvalue weighted by molar-refractivity contribution is -0.384. The maximum atomic E-state index is 10.9. The monoisotopic (exact) mass is 323 g/mol. The Labute approximate surface area is 136 Å². The van der Waals surface area contributed by atoms with E-state index in [1.807, 2.05) is 22.9 Å². The van der Waals surface area contributed by atoms with E-state index in [1.165, 1.54) is 24.5 Å². The number of hydrogen-bond donors (Lipinski definition) is 2. The van der Waals surface area contributed by atoms with Crippen LogP contribution in [0.25, 0.3) is 5.69 Å². The standard InChI is InChI=1S/C16H13N5O3/c22-14-7-5-12(6-8-14)20-10-2-3-13(20)11-18-19-16-15(21(23)24)4-1-9-17-16/h1-11,22H,(H,17,19)/b18-11-. The van der Waals surface area contributed by atoms with Crippen molar-refractivity contribution in [3.63, 3.8) is 0 Å². The minimum atomic E-state index is -0.524. The molecule has 3 aromatic rings. The van der Waals surface area contributed by atoms with Crippen molar-refractivity contribution in [2.45, 2.75) is 0 Å². The number of phenols is 1. The summed E-state index contributed by atoms with van der Waals surface area (Å²) in [5, 5.41) is 24.3. The highest BCUT2D eigenvalue weighted by Gasteiger charge is 2.12. The first kappa shape index (κ1) is 15.2. The molecular weight excluding hydrogens is 310 g/mol. The van der Waals surface area contributed by atoms with E-state index < -0.39 is 4.92 Å². The van der Waals surface area contributed by atoms with E-state index in [4.69, 9.17) is 0 Å². The molecule has 0 atom stereocenters. The largest absolute Gasteiger partial charge is 0.508 e. The van der Waals surface area contributed by atoms with Crippen LogP contribution in [0.5, 0.6) is 5.75 Å². The fourth-order valence-electron chi connectivity index (χ4n) is 2.14. The minimum Gasteiger partial charge on any atom is -0.508 e. The summed E-state index contributed by atoms with van der Waals surface area (Å²) in [7, 11) is 0. The van der Waals surface area contributed by atoms with Gasteiger partial charge in [-0.3, -0.25) is 15.5 Å². The number of pyridine rings is 1. The van der Waals surface area contributed by atoms with Crippen LogP contribution in [0.15, 0.2) is 66.0 Å². The highest BCUT2D eigenvalue weighted by Crippen LogP contribution is 2.20. The fourth-order valence-corrected chi connectivity index (χ4v) is 2.14. The Kier molecular flexibility index (Phi) is 4.19. The Morgan fingerprint density at radius 3 is 2.75 bits per heavy atom. The molecule has 120 valence electrons. The van der Waals surface area contributed by atoms with E-state index in [0.29, 0.717) is 0 Å². The third-order valence-electron chi connectivity index (χ3n) is 3.26. The van der Waals surface area contributed by atoms with Gasteiger partial charge in [0.25, 0.3) is 0 Å². The molecule has 3 rings (SSSR count). The van der Waals surface area contributed by atoms with Crippen LogP contribution in [0.4, 0.5) is 11.5 Å². The number of hydrogen-bond acceptors (Lipinski definition) is 6. The van der Waals surface area contributed by atoms with Gasteiger partial charge in [-0.2, -0.15) is 5.10 Å². The Morgan fingerprint density at radius 2 is 2.00 bits per heavy atom. The summed E-state index contributed by atoms with van der Waals surface area (Å²) >= 11 is 0. The van der Waals surface area contributed by atoms with Gasteiger partial charge in [-0.15, -0.1) is 0 Å². The van der Waals surface area contributed by atoms with Gasteiger partial charge in [0, 0.05) is 24.1 Å². The van der Waals surface area contributed by atoms with Crippen LogP contribution in [-0.2, 0) is 0 Å². The molecule has 0 unspecified atom stereocenters. The molecule has 24 heavy (non-hydrogen) atoms. The van der Waals surface area contributed by atoms with E-state index in [2.05, 4.69) is 15.5 Å². The molecule has 0 amide bonds. The van der Waals surface area contributed by atoms with E-state index in [1.54, 1.807) is 24.3 Å². The Morgan fingerprint density at radius 1 is 1.21 bits per heavy atom. The molecular formula is C16H13N5O3. The normalized spacial score (nSPS) is 10.8. The quantitative estimate of drug-likeness (QED) is 0.426. The van der Waals surface area contributed by atoms with Crippen LogP contribution in [0.2, 0.25) is 0 Å². The third kappa shape index (κ3) is 3.22. The molecule has 0 fully saturated rings. The molecule has 2 aromatic heterocycles. The number of nitrogens with one attached hydrogen (secondary N) is 1. The molecule has 0 aliphatic carbocycles. The van der Waals surface area contributed by atoms with Gasteiger partial charge in [-0.1, -0.05) is 0 Å². The summed E-state index contributed by atoms with van der Waals surface area (Å²) < 4.78 is 1.86. The fraction of sp³-hybridized carbons (Fsp3) is 0. The van der Waals surface area contributed by atoms with E-state index in [9.17, 15) is 15.2 Å². The molecule has 0 bridgehead atoms. The predicted octanol–water partition coefficient (Wildman–Crippen LogP) is 2.93. The zero-order valence-corrected chi connectivity index (χ0v) is 12.4. The molecule has 8 nitrogen and oxygen atoms in total. The first-order valence-electron chi connectivity index (χ1n) is 7.00. The molecule has 0 saturated carbocycles. The van der Waals surface area contributed by atoms with Crippen molar-refractivity contribution in [2.24, 2.45) is 5.10 Å². The highest BCUT2D eigenvalue weighted by atomic mass is 16.6. The van der Waals surface area contributed by atoms with Crippen molar-refractivity contribution < 1.29 is 10.0 Å². The summed E-state index contributed by atoms with van der Waals surface area (Å²) in [4.78, 5) is 14.3. The van der Waals surface area contributed by atoms with Gasteiger partial charge in [0.2, 0.25) is 5.82 Å². The molecule has 0 spiro atoms. The van der Waals surface area contributed by atoms with Crippen LogP contribution in [0.1, 0.15) is 5.69 Å². The topological polar surface area (TPSA) is 106 Å². The third-order valence-corrected chi connectivity index (χ3v) is 3.26. The molecule has 0 radical (unpaired) electrons. The zero-order valence-electron chi connectivity index (χ0n) is 12.4. The number of phenolic OH excluding ortho intramolecular Hbond substituents is 1. The highest BCUT2D eigenvalue weighted by molar-refractivity contribution is 5.79. The van der Waals surface area contributed by atoms with Crippen molar-refractivity contribution in [1.29, 1.82) is 0 Å². The second-order valence-corrected chi connectivity index (χ2v) is 4.82. The van der Waals surface area contributed by atoms with Gasteiger partial charge in [0.15, 0.2) is 0 Å². The zero-order chi connectivity index (χ0) is 16.9. The molecule has 2 heterocycles. The van der Waals surface area contributed by atoms with Crippen LogP contribution in [-0.4, -0.2) is 25.8 Å². The predicted molar refractivity (Wildman–Crippen MR) is 89.5 cm³/mol. The van der Waals surface area contributed by atoms with Gasteiger partial charge in [-0.05, 0) is 42.5 Å². The van der Waals surface area contributed by atoms with Gasteiger partial charge in [0.1, 0.15) is 5.75 Å². The van der Waals surface area contributed by atoms with Crippen molar-refractivity contribution in [1.82, 2.24) is 9.55 Å². The summed E-state index contributed by atoms with van der Waals surface area (Å²) in [6.45, 7) is 0. The maximum Gasteiger partial charge on any atom is 0.313 e. The van der Waals surface area contributed by atoms with Crippen molar-refractivity contribution in [3.8, 4) is 11.4 Å². The van der Waals surface area contributed by atoms with Crippen LogP contribution < -0.4 is 5.43 Å². The van der Waals surface area contributed by atoms with Crippen LogP contribution >= 0.6 is 0 Å². The van der Waals surface area contributed by atoms with Crippen LogP contribution in [0.3, 0.4) is 0 Å². The maximum absolute atomic E-state index is 10.9. The summed E-state index contributed by atoms with van der Waals surface area (Å²) in [6, 6.07) is 13.2. The number of benzene rings is 1. The van der Waals surface area contributed by atoms with Crippen molar-refractivity contribution >= 4 is 17.7 Å². The van der Waals surface area contributed by atoms with Crippen molar-refractivity contribution in [3.05, 3.63) is 76.7 Å². The molecule has 2 N–H and O–H groups in total. The number of nitrogens with zero attached hydrogens (tertiary/aromatic N) is 4. The van der Waals surface area contributed by atoms with Gasteiger partial charge >= 0.3 is 5.69 Å². The molecule has 0 aliphatic heterocycles. The number of aromatic nitrogens is 2. The Balaban J connectivity index is 1.81. The first-order valence-corrected chi connectivity index (χ1v) is 7.00. The summed E-state index contributed by atoms with van der Waals surface area (Å²) in [5.41, 5.74) is 4.04.